The van der Waals surface area contributed by atoms with E-state index in [0.717, 1.165) is 10.5 Å². The molecule has 1 saturated heterocycles. The summed E-state index contributed by atoms with van der Waals surface area (Å²) in [5.74, 6) is -1.91. The number of nitrogens with one attached hydrogen (secondary N) is 2. The van der Waals surface area contributed by atoms with Crippen LogP contribution in [0.25, 0.3) is 0 Å². The van der Waals surface area contributed by atoms with E-state index in [-0.39, 0.29) is 12.3 Å². The molecule has 0 aromatic heterocycles. The van der Waals surface area contributed by atoms with E-state index in [9.17, 15) is 18.8 Å². The van der Waals surface area contributed by atoms with Crippen molar-refractivity contribution in [2.75, 3.05) is 18.5 Å². The predicted molar refractivity (Wildman–Crippen MR) is 148 cm³/mol. The van der Waals surface area contributed by atoms with Gasteiger partial charge in [0.2, 0.25) is 5.91 Å². The molecule has 38 heavy (non-hydrogen) atoms. The van der Waals surface area contributed by atoms with Crippen molar-refractivity contribution in [2.45, 2.75) is 31.3 Å². The van der Waals surface area contributed by atoms with Crippen molar-refractivity contribution >= 4 is 46.1 Å². The van der Waals surface area contributed by atoms with Gasteiger partial charge in [0.25, 0.3) is 5.91 Å². The molecule has 1 heterocycles. The number of rotatable bonds is 10. The lowest BCUT2D eigenvalue weighted by Crippen LogP contribution is -2.50. The van der Waals surface area contributed by atoms with Gasteiger partial charge in [0.1, 0.15) is 23.7 Å². The van der Waals surface area contributed by atoms with Crippen LogP contribution in [0.1, 0.15) is 36.4 Å². The molecule has 3 atom stereocenters. The summed E-state index contributed by atoms with van der Waals surface area (Å²) in [5.41, 5.74) is 1.22. The fourth-order valence-electron chi connectivity index (χ4n) is 4.30. The summed E-state index contributed by atoms with van der Waals surface area (Å²) in [7, 11) is 0. The average Bonchev–Trinajstić information content (AvgIpc) is 3.20. The lowest BCUT2D eigenvalue weighted by molar-refractivity contribution is -0.134. The standard InChI is InChI=1S/C28H27FIN3O5/c1-17(18-6-3-2-4-7-18)25(26(35)31-23-13-10-20(30)16-22(23)29)33-27(36)24(32-28(33)37)19-8-11-21(12-9-19)38-15-5-14-34/h2-4,6-13,16-17,24-25,34H,5,14-15H2,1H3,(H,31,35)(H,32,37)/t17-,24+,25-/m0/s1. The summed E-state index contributed by atoms with van der Waals surface area (Å²) in [6.07, 6.45) is 0.489. The van der Waals surface area contributed by atoms with E-state index in [4.69, 9.17) is 9.84 Å². The van der Waals surface area contributed by atoms with Crippen LogP contribution in [0, 0.1) is 9.39 Å². The highest BCUT2D eigenvalue weighted by atomic mass is 127. The van der Waals surface area contributed by atoms with Crippen LogP contribution < -0.4 is 15.4 Å². The fraction of sp³-hybridized carbons (Fsp3) is 0.250. The van der Waals surface area contributed by atoms with Crippen molar-refractivity contribution in [3.63, 3.8) is 0 Å². The van der Waals surface area contributed by atoms with Crippen LogP contribution in [0.3, 0.4) is 0 Å². The first kappa shape index (κ1) is 27.5. The Morgan fingerprint density at radius 2 is 1.84 bits per heavy atom. The molecule has 0 saturated carbocycles. The van der Waals surface area contributed by atoms with Gasteiger partial charge in [-0.2, -0.15) is 0 Å². The maximum atomic E-state index is 14.5. The van der Waals surface area contributed by atoms with Crippen LogP contribution in [0.15, 0.2) is 72.8 Å². The third-order valence-electron chi connectivity index (χ3n) is 6.29. The van der Waals surface area contributed by atoms with Crippen molar-refractivity contribution in [2.24, 2.45) is 0 Å². The molecule has 8 nitrogen and oxygen atoms in total. The molecule has 1 aliphatic rings. The van der Waals surface area contributed by atoms with Gasteiger partial charge in [0.05, 0.1) is 12.3 Å². The van der Waals surface area contributed by atoms with Gasteiger partial charge in [-0.15, -0.1) is 0 Å². The molecule has 10 heteroatoms. The van der Waals surface area contributed by atoms with Crippen LogP contribution in [0.4, 0.5) is 14.9 Å². The van der Waals surface area contributed by atoms with Gasteiger partial charge in [-0.05, 0) is 64.0 Å². The second kappa shape index (κ2) is 12.4. The van der Waals surface area contributed by atoms with E-state index in [1.165, 1.54) is 12.1 Å². The van der Waals surface area contributed by atoms with E-state index in [1.54, 1.807) is 49.4 Å². The normalized spacial score (nSPS) is 16.6. The van der Waals surface area contributed by atoms with Crippen molar-refractivity contribution in [3.8, 4) is 5.75 Å². The van der Waals surface area contributed by atoms with Crippen LogP contribution in [-0.2, 0) is 9.59 Å². The van der Waals surface area contributed by atoms with Crippen molar-refractivity contribution in [1.29, 1.82) is 0 Å². The lowest BCUT2D eigenvalue weighted by atomic mass is 9.91. The molecule has 0 spiro atoms. The summed E-state index contributed by atoms with van der Waals surface area (Å²) in [6.45, 7) is 2.11. The zero-order valence-electron chi connectivity index (χ0n) is 20.6. The van der Waals surface area contributed by atoms with Gasteiger partial charge in [-0.3, -0.25) is 9.59 Å². The maximum absolute atomic E-state index is 14.5. The fourth-order valence-corrected chi connectivity index (χ4v) is 4.75. The zero-order chi connectivity index (χ0) is 27.2. The van der Waals surface area contributed by atoms with E-state index < -0.39 is 41.7 Å². The Hall–Kier alpha value is -3.51. The average molecular weight is 631 g/mol. The molecule has 3 N–H and O–H groups in total. The first-order valence-electron chi connectivity index (χ1n) is 12.1. The van der Waals surface area contributed by atoms with Crippen LogP contribution in [0.2, 0.25) is 0 Å². The number of aliphatic hydroxyl groups is 1. The monoisotopic (exact) mass is 631 g/mol. The van der Waals surface area contributed by atoms with E-state index >= 15 is 0 Å². The Bertz CT molecular complexity index is 1310. The van der Waals surface area contributed by atoms with E-state index in [1.807, 2.05) is 40.8 Å². The first-order valence-corrected chi connectivity index (χ1v) is 13.2. The SMILES string of the molecule is C[C@@H](c1ccccc1)[C@@H](C(=O)Nc1ccc(I)cc1F)N1C(=O)N[C@H](c2ccc(OCCCO)cc2)C1=O. The Kier molecular flexibility index (Phi) is 8.95. The lowest BCUT2D eigenvalue weighted by Gasteiger charge is -2.30. The third-order valence-corrected chi connectivity index (χ3v) is 6.96. The maximum Gasteiger partial charge on any atom is 0.325 e. The minimum atomic E-state index is -1.24. The Morgan fingerprint density at radius 3 is 2.50 bits per heavy atom. The number of anilines is 1. The second-order valence-electron chi connectivity index (χ2n) is 8.84. The third kappa shape index (κ3) is 6.13. The van der Waals surface area contributed by atoms with Gasteiger partial charge in [-0.1, -0.05) is 49.4 Å². The predicted octanol–water partition coefficient (Wildman–Crippen LogP) is 4.60. The van der Waals surface area contributed by atoms with Crippen LogP contribution in [-0.4, -0.2) is 47.1 Å². The Morgan fingerprint density at radius 1 is 1.13 bits per heavy atom. The quantitative estimate of drug-likeness (QED) is 0.172. The number of carbonyl (C=O) groups is 3. The molecular weight excluding hydrogens is 604 g/mol. The number of nitrogens with zero attached hydrogens (tertiary/aromatic N) is 1. The van der Waals surface area contributed by atoms with Gasteiger partial charge in [-0.25, -0.2) is 14.1 Å². The molecule has 4 amide bonds. The second-order valence-corrected chi connectivity index (χ2v) is 10.1. The first-order chi connectivity index (χ1) is 18.3. The van der Waals surface area contributed by atoms with Crippen molar-refractivity contribution < 1.29 is 28.6 Å². The minimum Gasteiger partial charge on any atom is -0.494 e. The number of imide groups is 1. The molecule has 4 rings (SSSR count). The Labute approximate surface area is 233 Å². The highest BCUT2D eigenvalue weighted by Gasteiger charge is 2.47. The number of ether oxygens (including phenoxy) is 1. The largest absolute Gasteiger partial charge is 0.494 e. The van der Waals surface area contributed by atoms with Gasteiger partial charge < -0.3 is 20.5 Å². The molecule has 1 aliphatic heterocycles. The summed E-state index contributed by atoms with van der Waals surface area (Å²) >= 11 is 1.97. The summed E-state index contributed by atoms with van der Waals surface area (Å²) in [6, 6.07) is 17.1. The molecule has 0 unspecified atom stereocenters. The highest BCUT2D eigenvalue weighted by Crippen LogP contribution is 2.32. The Balaban J connectivity index is 1.62. The molecule has 198 valence electrons. The molecule has 3 aromatic carbocycles. The number of benzene rings is 3. The van der Waals surface area contributed by atoms with Crippen LogP contribution in [0.5, 0.6) is 5.75 Å². The summed E-state index contributed by atoms with van der Waals surface area (Å²) in [5, 5.41) is 14.1. The molecule has 0 bridgehead atoms. The number of aliphatic hydroxyl groups excluding tert-OH is 1. The van der Waals surface area contributed by atoms with E-state index in [2.05, 4.69) is 10.6 Å². The number of urea groups is 1. The van der Waals surface area contributed by atoms with Crippen LogP contribution >= 0.6 is 22.6 Å². The van der Waals surface area contributed by atoms with Gasteiger partial charge >= 0.3 is 6.03 Å². The van der Waals surface area contributed by atoms with Crippen molar-refractivity contribution in [3.05, 3.63) is 93.3 Å². The zero-order valence-corrected chi connectivity index (χ0v) is 22.7. The number of hydrogen-bond donors (Lipinski definition) is 3. The van der Waals surface area contributed by atoms with Gasteiger partial charge in [0.15, 0.2) is 0 Å². The molecule has 0 radical (unpaired) electrons. The minimum absolute atomic E-state index is 0.0168. The topological polar surface area (TPSA) is 108 Å². The molecule has 0 aliphatic carbocycles. The smallest absolute Gasteiger partial charge is 0.325 e. The molecule has 3 aromatic rings. The number of hydrogen-bond acceptors (Lipinski definition) is 5. The number of halogens is 2. The van der Waals surface area contributed by atoms with Crippen molar-refractivity contribution in [1.82, 2.24) is 10.2 Å². The summed E-state index contributed by atoms with van der Waals surface area (Å²) in [4.78, 5) is 41.2. The van der Waals surface area contributed by atoms with Gasteiger partial charge in [0, 0.05) is 22.5 Å². The number of amides is 4. The van der Waals surface area contributed by atoms with E-state index in [0.29, 0.717) is 27.9 Å². The summed E-state index contributed by atoms with van der Waals surface area (Å²) < 4.78 is 20.7. The molecular formula is C28H27FIN3O5. The molecule has 1 fully saturated rings. The highest BCUT2D eigenvalue weighted by molar-refractivity contribution is 14.1. The number of carbonyl (C=O) groups excluding carboxylic acids is 3.